The average Bonchev–Trinajstić information content (AvgIpc) is 2.47. The number of hydrogen-bond donors (Lipinski definition) is 0. The molecule has 1 atom stereocenters. The number of rotatable bonds is 4. The number of aryl methyl sites for hydroxylation is 1. The lowest BCUT2D eigenvalue weighted by Gasteiger charge is -2.33. The standard InChI is InChI=1S/C14H18F3NO3S/c1-2-3-11-4-6-12(7-5-11)22(19,20)18-8-9-21-13(10-18)14(15,16)17/h4-7,13H,2-3,8-10H2,1H3/t13-/m0/s1. The molecule has 0 saturated carbocycles. The number of alkyl halides is 3. The normalized spacial score (nSPS) is 21.0. The summed E-state index contributed by atoms with van der Waals surface area (Å²) < 4.78 is 68.4. The van der Waals surface area contributed by atoms with Gasteiger partial charge in [0.05, 0.1) is 11.5 Å². The molecule has 0 bridgehead atoms. The molecule has 0 aromatic heterocycles. The summed E-state index contributed by atoms with van der Waals surface area (Å²) in [5, 5.41) is 0. The minimum absolute atomic E-state index is 0.00942. The molecular formula is C14H18F3NO3S. The Morgan fingerprint density at radius 3 is 2.45 bits per heavy atom. The Hall–Kier alpha value is -1.12. The van der Waals surface area contributed by atoms with E-state index in [-0.39, 0.29) is 18.0 Å². The molecule has 1 fully saturated rings. The van der Waals surface area contributed by atoms with Gasteiger partial charge in [-0.25, -0.2) is 8.42 Å². The van der Waals surface area contributed by atoms with Crippen molar-refractivity contribution in [2.75, 3.05) is 19.7 Å². The van der Waals surface area contributed by atoms with Crippen molar-refractivity contribution >= 4 is 10.0 Å². The molecule has 0 N–H and O–H groups in total. The van der Waals surface area contributed by atoms with Gasteiger partial charge in [0.2, 0.25) is 10.0 Å². The van der Waals surface area contributed by atoms with E-state index < -0.39 is 28.8 Å². The Labute approximate surface area is 127 Å². The van der Waals surface area contributed by atoms with Crippen molar-refractivity contribution in [2.45, 2.75) is 36.9 Å². The van der Waals surface area contributed by atoms with Crippen molar-refractivity contribution in [3.8, 4) is 0 Å². The summed E-state index contributed by atoms with van der Waals surface area (Å²) in [6.45, 7) is 0.959. The second-order valence-corrected chi connectivity index (χ2v) is 7.10. The molecule has 1 aliphatic heterocycles. The molecule has 4 nitrogen and oxygen atoms in total. The maximum atomic E-state index is 12.7. The molecule has 2 rings (SSSR count). The lowest BCUT2D eigenvalue weighted by Crippen LogP contribution is -2.51. The smallest absolute Gasteiger partial charge is 0.366 e. The van der Waals surface area contributed by atoms with Crippen LogP contribution in [0.4, 0.5) is 13.2 Å². The minimum atomic E-state index is -4.57. The Morgan fingerprint density at radius 2 is 1.91 bits per heavy atom. The van der Waals surface area contributed by atoms with Crippen molar-refractivity contribution < 1.29 is 26.3 Å². The van der Waals surface area contributed by atoms with Crippen LogP contribution in [0.5, 0.6) is 0 Å². The van der Waals surface area contributed by atoms with Crippen LogP contribution < -0.4 is 0 Å². The van der Waals surface area contributed by atoms with Crippen LogP contribution in [-0.2, 0) is 21.2 Å². The van der Waals surface area contributed by atoms with Crippen LogP contribution >= 0.6 is 0 Å². The zero-order valence-corrected chi connectivity index (χ0v) is 13.0. The second kappa shape index (κ2) is 6.55. The predicted molar refractivity (Wildman–Crippen MR) is 75.0 cm³/mol. The van der Waals surface area contributed by atoms with Gasteiger partial charge in [0.15, 0.2) is 6.10 Å². The Morgan fingerprint density at radius 1 is 1.27 bits per heavy atom. The molecule has 1 heterocycles. The summed E-state index contributed by atoms with van der Waals surface area (Å²) >= 11 is 0. The molecular weight excluding hydrogens is 319 g/mol. The zero-order valence-electron chi connectivity index (χ0n) is 12.1. The first-order chi connectivity index (χ1) is 10.2. The van der Waals surface area contributed by atoms with Crippen LogP contribution in [0.25, 0.3) is 0 Å². The Balaban J connectivity index is 2.18. The fourth-order valence-electron chi connectivity index (χ4n) is 2.31. The van der Waals surface area contributed by atoms with Gasteiger partial charge in [-0.1, -0.05) is 25.5 Å². The van der Waals surface area contributed by atoms with E-state index in [0.29, 0.717) is 0 Å². The highest BCUT2D eigenvalue weighted by Crippen LogP contribution is 2.28. The third kappa shape index (κ3) is 3.80. The number of morpholine rings is 1. The fourth-order valence-corrected chi connectivity index (χ4v) is 3.73. The SMILES string of the molecule is CCCc1ccc(S(=O)(=O)N2CCO[C@H](C(F)(F)F)C2)cc1. The molecule has 0 amide bonds. The molecule has 0 radical (unpaired) electrons. The summed E-state index contributed by atoms with van der Waals surface area (Å²) in [6.07, 6.45) is -4.88. The summed E-state index contributed by atoms with van der Waals surface area (Å²) in [4.78, 5) is 0.00942. The number of ether oxygens (including phenoxy) is 1. The molecule has 1 aromatic carbocycles. The van der Waals surface area contributed by atoms with Crippen LogP contribution in [0.1, 0.15) is 18.9 Å². The van der Waals surface area contributed by atoms with Gasteiger partial charge >= 0.3 is 6.18 Å². The summed E-state index contributed by atoms with van der Waals surface area (Å²) in [5.74, 6) is 0. The topological polar surface area (TPSA) is 46.6 Å². The first-order valence-electron chi connectivity index (χ1n) is 7.02. The zero-order chi connectivity index (χ0) is 16.4. The molecule has 1 saturated heterocycles. The molecule has 1 aromatic rings. The van der Waals surface area contributed by atoms with E-state index >= 15 is 0 Å². The number of hydrogen-bond acceptors (Lipinski definition) is 3. The summed E-state index contributed by atoms with van der Waals surface area (Å²) in [7, 11) is -3.93. The highest BCUT2D eigenvalue weighted by atomic mass is 32.2. The van der Waals surface area contributed by atoms with Gasteiger partial charge in [-0.3, -0.25) is 0 Å². The van der Waals surface area contributed by atoms with Gasteiger partial charge in [0.1, 0.15) is 0 Å². The lowest BCUT2D eigenvalue weighted by molar-refractivity contribution is -0.231. The van der Waals surface area contributed by atoms with E-state index in [1.807, 2.05) is 6.92 Å². The molecule has 22 heavy (non-hydrogen) atoms. The lowest BCUT2D eigenvalue weighted by atomic mass is 10.1. The highest BCUT2D eigenvalue weighted by Gasteiger charge is 2.45. The largest absolute Gasteiger partial charge is 0.415 e. The van der Waals surface area contributed by atoms with Crippen LogP contribution in [0.3, 0.4) is 0 Å². The van der Waals surface area contributed by atoms with Crippen LogP contribution in [-0.4, -0.2) is 44.7 Å². The first kappa shape index (κ1) is 17.2. The number of sulfonamides is 1. The van der Waals surface area contributed by atoms with Gasteiger partial charge in [-0.2, -0.15) is 17.5 Å². The predicted octanol–water partition coefficient (Wildman–Crippen LogP) is 2.59. The molecule has 124 valence electrons. The maximum Gasteiger partial charge on any atom is 0.415 e. The van der Waals surface area contributed by atoms with E-state index in [2.05, 4.69) is 4.74 Å². The van der Waals surface area contributed by atoms with E-state index in [0.717, 1.165) is 22.7 Å². The highest BCUT2D eigenvalue weighted by molar-refractivity contribution is 7.89. The van der Waals surface area contributed by atoms with Gasteiger partial charge in [-0.05, 0) is 24.1 Å². The van der Waals surface area contributed by atoms with Crippen molar-refractivity contribution in [1.29, 1.82) is 0 Å². The quantitative estimate of drug-likeness (QED) is 0.848. The monoisotopic (exact) mass is 337 g/mol. The van der Waals surface area contributed by atoms with Crippen LogP contribution in [0.15, 0.2) is 29.2 Å². The Bertz CT molecular complexity index is 599. The van der Waals surface area contributed by atoms with Gasteiger partial charge in [-0.15, -0.1) is 0 Å². The van der Waals surface area contributed by atoms with Gasteiger partial charge < -0.3 is 4.74 Å². The van der Waals surface area contributed by atoms with Crippen molar-refractivity contribution in [3.05, 3.63) is 29.8 Å². The van der Waals surface area contributed by atoms with Crippen LogP contribution in [0, 0.1) is 0 Å². The van der Waals surface area contributed by atoms with Crippen molar-refractivity contribution in [2.24, 2.45) is 0 Å². The number of benzene rings is 1. The van der Waals surface area contributed by atoms with E-state index in [9.17, 15) is 21.6 Å². The molecule has 0 aliphatic carbocycles. The third-order valence-corrected chi connectivity index (χ3v) is 5.37. The number of nitrogens with zero attached hydrogens (tertiary/aromatic N) is 1. The summed E-state index contributed by atoms with van der Waals surface area (Å²) in [5.41, 5.74) is 0.997. The first-order valence-corrected chi connectivity index (χ1v) is 8.46. The fraction of sp³-hybridized carbons (Fsp3) is 0.571. The molecule has 0 unspecified atom stereocenters. The van der Waals surface area contributed by atoms with Gasteiger partial charge in [0, 0.05) is 13.1 Å². The van der Waals surface area contributed by atoms with Gasteiger partial charge in [0.25, 0.3) is 0 Å². The van der Waals surface area contributed by atoms with E-state index in [4.69, 9.17) is 0 Å². The van der Waals surface area contributed by atoms with E-state index in [1.165, 1.54) is 12.1 Å². The van der Waals surface area contributed by atoms with E-state index in [1.54, 1.807) is 12.1 Å². The third-order valence-electron chi connectivity index (χ3n) is 3.49. The molecule has 0 spiro atoms. The molecule has 8 heteroatoms. The maximum absolute atomic E-state index is 12.7. The van der Waals surface area contributed by atoms with Crippen molar-refractivity contribution in [3.63, 3.8) is 0 Å². The van der Waals surface area contributed by atoms with Crippen LogP contribution in [0.2, 0.25) is 0 Å². The Kier molecular flexibility index (Phi) is 5.14. The number of halogens is 3. The minimum Gasteiger partial charge on any atom is -0.366 e. The van der Waals surface area contributed by atoms with Crippen molar-refractivity contribution in [1.82, 2.24) is 4.31 Å². The second-order valence-electron chi connectivity index (χ2n) is 5.16. The summed E-state index contributed by atoms with van der Waals surface area (Å²) in [6, 6.07) is 6.27. The molecule has 1 aliphatic rings. The average molecular weight is 337 g/mol.